The Labute approximate surface area is 208 Å². The number of rotatable bonds is 7. The number of amides is 2. The van der Waals surface area contributed by atoms with Crippen molar-refractivity contribution >= 4 is 23.4 Å². The summed E-state index contributed by atoms with van der Waals surface area (Å²) in [5.41, 5.74) is 2.02. The second-order valence-electron chi connectivity index (χ2n) is 8.23. The van der Waals surface area contributed by atoms with Gasteiger partial charge in [0.25, 0.3) is 5.91 Å². The Morgan fingerprint density at radius 1 is 1.14 bits per heavy atom. The molecule has 0 saturated carbocycles. The van der Waals surface area contributed by atoms with E-state index < -0.39 is 17.8 Å². The molecule has 1 aliphatic heterocycles. The zero-order valence-corrected chi connectivity index (χ0v) is 20.0. The largest absolute Gasteiger partial charge is 0.497 e. The lowest BCUT2D eigenvalue weighted by molar-refractivity contribution is -0.132. The molecule has 1 saturated heterocycles. The van der Waals surface area contributed by atoms with Crippen molar-refractivity contribution in [2.75, 3.05) is 26.7 Å². The highest BCUT2D eigenvalue weighted by atomic mass is 35.5. The third kappa shape index (κ3) is 6.35. The van der Waals surface area contributed by atoms with Gasteiger partial charge in [0.05, 0.1) is 24.8 Å². The van der Waals surface area contributed by atoms with Crippen LogP contribution in [0.2, 0.25) is 5.02 Å². The maximum Gasteiger partial charge on any atom is 0.254 e. The van der Waals surface area contributed by atoms with Crippen molar-refractivity contribution in [2.24, 2.45) is 0 Å². The summed E-state index contributed by atoms with van der Waals surface area (Å²) in [6.07, 6.45) is 2.94. The van der Waals surface area contributed by atoms with Gasteiger partial charge in [-0.15, -0.1) is 0 Å². The predicted molar refractivity (Wildman–Crippen MR) is 129 cm³/mol. The highest BCUT2D eigenvalue weighted by Crippen LogP contribution is 2.20. The van der Waals surface area contributed by atoms with Crippen molar-refractivity contribution in [3.05, 3.63) is 94.5 Å². The van der Waals surface area contributed by atoms with Crippen LogP contribution in [-0.4, -0.2) is 59.4 Å². The summed E-state index contributed by atoms with van der Waals surface area (Å²) in [4.78, 5) is 33.6. The van der Waals surface area contributed by atoms with Gasteiger partial charge in [-0.05, 0) is 47.5 Å². The molecule has 4 rings (SSSR count). The molecular formula is C26H25ClFN3O4. The number of halogens is 2. The fraction of sp³-hybridized carbons (Fsp3) is 0.269. The monoisotopic (exact) mass is 497 g/mol. The number of ether oxygens (including phenoxy) is 2. The van der Waals surface area contributed by atoms with Crippen LogP contribution in [0, 0.1) is 5.82 Å². The van der Waals surface area contributed by atoms with Crippen LogP contribution in [0.1, 0.15) is 21.5 Å². The van der Waals surface area contributed by atoms with Gasteiger partial charge in [0.1, 0.15) is 18.1 Å². The number of aromatic nitrogens is 1. The molecule has 182 valence electrons. The lowest BCUT2D eigenvalue weighted by atomic mass is 10.2. The van der Waals surface area contributed by atoms with Gasteiger partial charge in [0.2, 0.25) is 5.91 Å². The molecule has 0 unspecified atom stereocenters. The zero-order chi connectivity index (χ0) is 24.8. The highest BCUT2D eigenvalue weighted by molar-refractivity contribution is 6.31. The SMILES string of the molecule is COc1ccc(CN2C[C@@H](OCc3cccnc3)CN(C(=O)c3ccc(F)c(Cl)c3)CC2=O)cc1. The van der Waals surface area contributed by atoms with E-state index in [-0.39, 0.29) is 36.2 Å². The van der Waals surface area contributed by atoms with Gasteiger partial charge in [0, 0.05) is 37.6 Å². The van der Waals surface area contributed by atoms with Crippen molar-refractivity contribution in [3.63, 3.8) is 0 Å². The normalized spacial score (nSPS) is 16.2. The summed E-state index contributed by atoms with van der Waals surface area (Å²) in [6.45, 7) is 1.02. The average Bonchev–Trinajstić information content (AvgIpc) is 3.03. The molecule has 0 bridgehead atoms. The molecule has 0 radical (unpaired) electrons. The summed E-state index contributed by atoms with van der Waals surface area (Å²) < 4.78 is 24.9. The predicted octanol–water partition coefficient (Wildman–Crippen LogP) is 3.95. The van der Waals surface area contributed by atoms with Gasteiger partial charge in [-0.2, -0.15) is 0 Å². The van der Waals surface area contributed by atoms with Crippen molar-refractivity contribution in [3.8, 4) is 5.75 Å². The van der Waals surface area contributed by atoms with Crippen LogP contribution in [0.15, 0.2) is 67.0 Å². The van der Waals surface area contributed by atoms with Gasteiger partial charge >= 0.3 is 0 Å². The number of hydrogen-bond acceptors (Lipinski definition) is 5. The maximum atomic E-state index is 13.6. The summed E-state index contributed by atoms with van der Waals surface area (Å²) in [5, 5.41) is -0.150. The average molecular weight is 498 g/mol. The minimum Gasteiger partial charge on any atom is -0.497 e. The van der Waals surface area contributed by atoms with Gasteiger partial charge < -0.3 is 19.3 Å². The molecule has 0 N–H and O–H groups in total. The molecule has 0 spiro atoms. The Morgan fingerprint density at radius 3 is 2.63 bits per heavy atom. The Balaban J connectivity index is 1.54. The Morgan fingerprint density at radius 2 is 1.94 bits per heavy atom. The minimum absolute atomic E-state index is 0.128. The standard InChI is InChI=1S/C26H25ClFN3O4/c1-34-21-7-4-18(5-8-21)13-30-14-22(35-17-19-3-2-10-29-12-19)15-31(16-25(30)32)26(33)20-6-9-24(28)23(27)11-20/h2-12,22H,13-17H2,1H3/t22-/m1/s1. The van der Waals surface area contributed by atoms with E-state index in [0.29, 0.717) is 13.1 Å². The van der Waals surface area contributed by atoms with E-state index in [1.807, 2.05) is 36.4 Å². The van der Waals surface area contributed by atoms with E-state index in [1.54, 1.807) is 24.4 Å². The molecule has 3 aromatic rings. The van der Waals surface area contributed by atoms with E-state index in [9.17, 15) is 14.0 Å². The van der Waals surface area contributed by atoms with Crippen molar-refractivity contribution in [1.82, 2.24) is 14.8 Å². The zero-order valence-electron chi connectivity index (χ0n) is 19.2. The second-order valence-corrected chi connectivity index (χ2v) is 8.64. The molecule has 1 fully saturated rings. The third-order valence-electron chi connectivity index (χ3n) is 5.72. The number of methoxy groups -OCH3 is 1. The topological polar surface area (TPSA) is 72.0 Å². The van der Waals surface area contributed by atoms with E-state index in [0.717, 1.165) is 22.9 Å². The second kappa shape index (κ2) is 11.3. The molecule has 1 atom stereocenters. The van der Waals surface area contributed by atoms with Crippen molar-refractivity contribution in [2.45, 2.75) is 19.3 Å². The minimum atomic E-state index is -0.612. The van der Waals surface area contributed by atoms with Crippen molar-refractivity contribution in [1.29, 1.82) is 0 Å². The number of nitrogens with zero attached hydrogens (tertiary/aromatic N) is 3. The van der Waals surface area contributed by atoms with E-state index in [2.05, 4.69) is 4.98 Å². The molecule has 0 aliphatic carbocycles. The van der Waals surface area contributed by atoms with Crippen LogP contribution < -0.4 is 4.74 Å². The highest BCUT2D eigenvalue weighted by Gasteiger charge is 2.31. The molecule has 2 heterocycles. The first-order chi connectivity index (χ1) is 16.9. The Kier molecular flexibility index (Phi) is 7.94. The molecule has 9 heteroatoms. The molecule has 1 aliphatic rings. The molecule has 7 nitrogen and oxygen atoms in total. The van der Waals surface area contributed by atoms with Gasteiger partial charge in [-0.25, -0.2) is 4.39 Å². The number of carbonyl (C=O) groups excluding carboxylic acids is 2. The van der Waals surface area contributed by atoms with E-state index in [1.165, 1.54) is 17.0 Å². The van der Waals surface area contributed by atoms with Crippen LogP contribution in [0.25, 0.3) is 0 Å². The third-order valence-corrected chi connectivity index (χ3v) is 6.01. The van der Waals surface area contributed by atoms with E-state index >= 15 is 0 Å². The summed E-state index contributed by atoms with van der Waals surface area (Å²) in [7, 11) is 1.59. The number of carbonyl (C=O) groups is 2. The number of hydrogen-bond donors (Lipinski definition) is 0. The molecule has 1 aromatic heterocycles. The van der Waals surface area contributed by atoms with Crippen LogP contribution >= 0.6 is 11.6 Å². The Bertz CT molecular complexity index is 1180. The summed E-state index contributed by atoms with van der Waals surface area (Å²) >= 11 is 5.88. The maximum absolute atomic E-state index is 13.6. The number of pyridine rings is 1. The van der Waals surface area contributed by atoms with Crippen LogP contribution in [0.5, 0.6) is 5.75 Å². The summed E-state index contributed by atoms with van der Waals surface area (Å²) in [6, 6.07) is 14.9. The first-order valence-corrected chi connectivity index (χ1v) is 11.5. The summed E-state index contributed by atoms with van der Waals surface area (Å²) in [5.74, 6) is -0.516. The lowest BCUT2D eigenvalue weighted by Gasteiger charge is -2.25. The molecule has 35 heavy (non-hydrogen) atoms. The van der Waals surface area contributed by atoms with Crippen LogP contribution in [0.3, 0.4) is 0 Å². The van der Waals surface area contributed by atoms with Crippen LogP contribution in [0.4, 0.5) is 4.39 Å². The van der Waals surface area contributed by atoms with Crippen LogP contribution in [-0.2, 0) is 22.7 Å². The lowest BCUT2D eigenvalue weighted by Crippen LogP contribution is -2.39. The van der Waals surface area contributed by atoms with Gasteiger partial charge in [-0.1, -0.05) is 29.8 Å². The fourth-order valence-electron chi connectivity index (χ4n) is 3.85. The quantitative estimate of drug-likeness (QED) is 0.494. The molecular weight excluding hydrogens is 473 g/mol. The van der Waals surface area contributed by atoms with Gasteiger partial charge in [-0.3, -0.25) is 14.6 Å². The Hall–Kier alpha value is -3.49. The fourth-order valence-corrected chi connectivity index (χ4v) is 4.03. The van der Waals surface area contributed by atoms with Gasteiger partial charge in [0.15, 0.2) is 0 Å². The number of benzene rings is 2. The first kappa shape index (κ1) is 24.6. The first-order valence-electron chi connectivity index (χ1n) is 11.1. The molecule has 2 amide bonds. The molecule has 2 aromatic carbocycles. The van der Waals surface area contributed by atoms with E-state index in [4.69, 9.17) is 21.1 Å². The smallest absolute Gasteiger partial charge is 0.254 e. The van der Waals surface area contributed by atoms with Crippen molar-refractivity contribution < 1.29 is 23.5 Å².